The number of para-hydroxylation sites is 1. The molecule has 210 valence electrons. The lowest BCUT2D eigenvalue weighted by Crippen LogP contribution is -2.68. The Balaban J connectivity index is 1.33. The maximum Gasteiger partial charge on any atom is 0.331 e. The molecule has 9 heteroatoms. The van der Waals surface area contributed by atoms with Gasteiger partial charge in [0, 0.05) is 29.5 Å². The zero-order valence-electron chi connectivity index (χ0n) is 22.3. The number of nitrogens with zero attached hydrogens (tertiary/aromatic N) is 1. The summed E-state index contributed by atoms with van der Waals surface area (Å²) in [6, 6.07) is 6.23. The van der Waals surface area contributed by atoms with Crippen LogP contribution < -0.4 is 5.43 Å². The van der Waals surface area contributed by atoms with E-state index >= 15 is 0 Å². The van der Waals surface area contributed by atoms with E-state index < -0.39 is 34.0 Å². The lowest BCUT2D eigenvalue weighted by molar-refractivity contribution is -0.237. The highest BCUT2D eigenvalue weighted by atomic mass is 16.5. The normalized spacial score (nSPS) is 43.3. The summed E-state index contributed by atoms with van der Waals surface area (Å²) in [6.45, 7) is 2.43. The number of benzene rings is 1. The summed E-state index contributed by atoms with van der Waals surface area (Å²) in [4.78, 5) is 24.6. The van der Waals surface area contributed by atoms with Crippen molar-refractivity contribution in [1.82, 2.24) is 5.43 Å². The van der Waals surface area contributed by atoms with Gasteiger partial charge in [-0.1, -0.05) is 19.1 Å². The van der Waals surface area contributed by atoms with Gasteiger partial charge in [-0.05, 0) is 86.8 Å². The highest BCUT2D eigenvalue weighted by Crippen LogP contribution is 2.70. The zero-order valence-corrected chi connectivity index (χ0v) is 22.3. The molecule has 4 fully saturated rings. The lowest BCUT2D eigenvalue weighted by atomic mass is 9.41. The molecule has 1 heterocycles. The predicted molar refractivity (Wildman–Crippen MR) is 142 cm³/mol. The van der Waals surface area contributed by atoms with Gasteiger partial charge in [0.1, 0.15) is 12.4 Å². The van der Waals surface area contributed by atoms with Crippen molar-refractivity contribution in [2.45, 2.75) is 82.0 Å². The van der Waals surface area contributed by atoms with Gasteiger partial charge in [-0.3, -0.25) is 4.79 Å². The third kappa shape index (κ3) is 3.80. The van der Waals surface area contributed by atoms with Crippen molar-refractivity contribution in [3.8, 4) is 5.75 Å². The van der Waals surface area contributed by atoms with Gasteiger partial charge in [-0.2, -0.15) is 5.10 Å². The molecule has 8 atom stereocenters. The monoisotopic (exact) mass is 538 g/mol. The highest BCUT2D eigenvalue weighted by Gasteiger charge is 2.71. The third-order valence-corrected chi connectivity index (χ3v) is 11.2. The molecule has 4 aliphatic carbocycles. The van der Waals surface area contributed by atoms with Gasteiger partial charge in [-0.15, -0.1) is 0 Å². The number of aliphatic hydroxyl groups is 3. The van der Waals surface area contributed by atoms with Gasteiger partial charge >= 0.3 is 5.97 Å². The molecule has 0 saturated heterocycles. The molecule has 9 nitrogen and oxygen atoms in total. The Bertz CT molecular complexity index is 1250. The van der Waals surface area contributed by atoms with Gasteiger partial charge in [-0.25, -0.2) is 10.2 Å². The molecule has 0 spiro atoms. The number of esters is 1. The largest absolute Gasteiger partial charge is 0.507 e. The van der Waals surface area contributed by atoms with E-state index in [0.717, 1.165) is 24.8 Å². The zero-order chi connectivity index (χ0) is 27.6. The van der Waals surface area contributed by atoms with E-state index in [-0.39, 0.29) is 48.1 Å². The molecule has 1 aromatic carbocycles. The molecule has 39 heavy (non-hydrogen) atoms. The van der Waals surface area contributed by atoms with Crippen molar-refractivity contribution >= 4 is 18.1 Å². The van der Waals surface area contributed by atoms with Crippen LogP contribution in [0.5, 0.6) is 5.75 Å². The number of rotatable bonds is 4. The van der Waals surface area contributed by atoms with E-state index in [4.69, 9.17) is 4.74 Å². The molecule has 0 unspecified atom stereocenters. The van der Waals surface area contributed by atoms with Gasteiger partial charge in [0.2, 0.25) is 0 Å². The highest BCUT2D eigenvalue weighted by molar-refractivity contribution is 5.97. The van der Waals surface area contributed by atoms with Gasteiger partial charge in [0.15, 0.2) is 0 Å². The van der Waals surface area contributed by atoms with Crippen molar-refractivity contribution in [3.05, 3.63) is 41.5 Å². The number of hydrogen-bond donors (Lipinski definition) is 5. The van der Waals surface area contributed by atoms with Crippen LogP contribution in [0.1, 0.15) is 75.1 Å². The molecule has 0 aromatic heterocycles. The number of amides is 1. The summed E-state index contributed by atoms with van der Waals surface area (Å²) in [5.74, 6) is -1.15. The van der Waals surface area contributed by atoms with Crippen LogP contribution in [0.2, 0.25) is 0 Å². The second-order valence-electron chi connectivity index (χ2n) is 12.7. The Labute approximate surface area is 228 Å². The minimum absolute atomic E-state index is 0.0614. The number of ether oxygens (including phenoxy) is 1. The Hall–Kier alpha value is -2.75. The number of cyclic esters (lactones) is 1. The molecule has 4 saturated carbocycles. The fourth-order valence-electron chi connectivity index (χ4n) is 9.29. The summed E-state index contributed by atoms with van der Waals surface area (Å²) in [7, 11) is 0. The van der Waals surface area contributed by atoms with Crippen molar-refractivity contribution in [2.24, 2.45) is 33.7 Å². The Morgan fingerprint density at radius 3 is 2.59 bits per heavy atom. The van der Waals surface area contributed by atoms with Crippen LogP contribution in [-0.4, -0.2) is 62.4 Å². The average molecular weight is 539 g/mol. The van der Waals surface area contributed by atoms with E-state index in [2.05, 4.69) is 17.5 Å². The molecular weight excluding hydrogens is 500 g/mol. The fourth-order valence-corrected chi connectivity index (χ4v) is 9.29. The topological polar surface area (TPSA) is 149 Å². The van der Waals surface area contributed by atoms with Crippen LogP contribution in [0.15, 0.2) is 41.0 Å². The number of hydrazone groups is 1. The molecule has 1 aromatic rings. The number of aromatic hydroxyl groups is 1. The SMILES string of the molecule is C[C@]12CC[C@H]3[C@@H](CC[C@@]4(O)C[C@H](O)CC[C@]34/C=N\NC(=O)c3ccccc3O)[C@]1(O)CC[C@@H]2C1=CC(=O)OC1. The summed E-state index contributed by atoms with van der Waals surface area (Å²) in [5, 5.41) is 49.5. The summed E-state index contributed by atoms with van der Waals surface area (Å²) >= 11 is 0. The lowest BCUT2D eigenvalue weighted by Gasteiger charge is -2.65. The minimum Gasteiger partial charge on any atom is -0.507 e. The Kier molecular flexibility index (Phi) is 6.21. The minimum atomic E-state index is -1.22. The fraction of sp³-hybridized carbons (Fsp3) is 0.633. The van der Waals surface area contributed by atoms with E-state index in [1.54, 1.807) is 24.4 Å². The van der Waals surface area contributed by atoms with Crippen molar-refractivity contribution in [3.63, 3.8) is 0 Å². The standard InChI is InChI=1S/C30H38N2O7/c1-27-10-7-22-23(30(27,38)13-9-21(27)18-14-25(35)39-16-18)8-12-29(37)15-19(33)6-11-28(22,29)17-31-32-26(36)20-4-2-3-5-24(20)34/h2-5,14,17,19,21-23,33-34,37-38H,6-13,15-16H2,1H3,(H,32,36)/b31-17-/t19-,21-,22+,23-,27-,28+,29-,30-/m1/s1. The third-order valence-electron chi connectivity index (χ3n) is 11.2. The van der Waals surface area contributed by atoms with Crippen molar-refractivity contribution in [2.75, 3.05) is 6.61 Å². The summed E-state index contributed by atoms with van der Waals surface area (Å²) < 4.78 is 5.22. The first kappa shape index (κ1) is 26.5. The van der Waals surface area contributed by atoms with Crippen LogP contribution >= 0.6 is 0 Å². The van der Waals surface area contributed by atoms with Gasteiger partial charge < -0.3 is 25.2 Å². The number of carbonyl (C=O) groups is 2. The van der Waals surface area contributed by atoms with Crippen LogP contribution in [0.4, 0.5) is 0 Å². The Morgan fingerprint density at radius 1 is 1.08 bits per heavy atom. The molecule has 0 radical (unpaired) electrons. The van der Waals surface area contributed by atoms with Crippen LogP contribution in [-0.2, 0) is 9.53 Å². The number of hydrogen-bond acceptors (Lipinski definition) is 8. The number of phenolic OH excluding ortho intramolecular Hbond substituents is 1. The number of carbonyl (C=O) groups excluding carboxylic acids is 2. The number of fused-ring (bicyclic) bond motifs is 5. The van der Waals surface area contributed by atoms with E-state index in [9.17, 15) is 30.0 Å². The smallest absolute Gasteiger partial charge is 0.331 e. The van der Waals surface area contributed by atoms with Gasteiger partial charge in [0.25, 0.3) is 5.91 Å². The number of aliphatic hydroxyl groups excluding tert-OH is 1. The Morgan fingerprint density at radius 2 is 1.85 bits per heavy atom. The molecule has 0 bridgehead atoms. The second-order valence-corrected chi connectivity index (χ2v) is 12.7. The van der Waals surface area contributed by atoms with Crippen molar-refractivity contribution < 1.29 is 34.8 Å². The molecule has 6 rings (SSSR count). The summed E-state index contributed by atoms with van der Waals surface area (Å²) in [6.07, 6.45) is 7.75. The predicted octanol–water partition coefficient (Wildman–Crippen LogP) is 2.82. The molecular formula is C30H38N2O7. The van der Waals surface area contributed by atoms with Crippen LogP contribution in [0, 0.1) is 28.6 Å². The molecule has 5 N–H and O–H groups in total. The first-order valence-corrected chi connectivity index (χ1v) is 14.2. The van der Waals surface area contributed by atoms with Crippen molar-refractivity contribution in [1.29, 1.82) is 0 Å². The first-order valence-electron chi connectivity index (χ1n) is 14.2. The van der Waals surface area contributed by atoms with E-state index in [1.165, 1.54) is 12.1 Å². The van der Waals surface area contributed by atoms with Gasteiger partial charge in [0.05, 0.1) is 22.9 Å². The second kappa shape index (κ2) is 9.14. The summed E-state index contributed by atoms with van der Waals surface area (Å²) in [5.41, 5.74) is 0.149. The molecule has 5 aliphatic rings. The van der Waals surface area contributed by atoms with Crippen LogP contribution in [0.25, 0.3) is 0 Å². The molecule has 1 aliphatic heterocycles. The number of phenols is 1. The molecule has 1 amide bonds. The first-order chi connectivity index (χ1) is 18.5. The number of nitrogens with one attached hydrogen (secondary N) is 1. The maximum absolute atomic E-state index is 12.7. The van der Waals surface area contributed by atoms with E-state index in [1.807, 2.05) is 0 Å². The van der Waals surface area contributed by atoms with E-state index in [0.29, 0.717) is 32.1 Å². The quantitative estimate of drug-likeness (QED) is 0.225. The average Bonchev–Trinajstić information content (AvgIpc) is 3.44. The van der Waals surface area contributed by atoms with Crippen LogP contribution in [0.3, 0.4) is 0 Å². The maximum atomic E-state index is 12.7.